The van der Waals surface area contributed by atoms with E-state index in [-0.39, 0.29) is 0 Å². The largest absolute Gasteiger partial charge is 0.361 e. The molecule has 3 nitrogen and oxygen atoms in total. The molecule has 3 heteroatoms. The highest BCUT2D eigenvalue weighted by Gasteiger charge is 2.28. The van der Waals surface area contributed by atoms with Crippen LogP contribution in [0.3, 0.4) is 0 Å². The predicted molar refractivity (Wildman–Crippen MR) is 84.8 cm³/mol. The lowest BCUT2D eigenvalue weighted by Crippen LogP contribution is -2.41. The monoisotopic (exact) mass is 271 g/mol. The Balaban J connectivity index is 1.59. The highest BCUT2D eigenvalue weighted by Crippen LogP contribution is 2.29. The molecule has 0 atom stereocenters. The fourth-order valence-electron chi connectivity index (χ4n) is 3.14. The summed E-state index contributed by atoms with van der Waals surface area (Å²) in [5.41, 5.74) is 3.08. The number of H-pyrrole nitrogens is 1. The van der Waals surface area contributed by atoms with E-state index in [0.29, 0.717) is 5.41 Å². The number of aromatic nitrogens is 1. The molecule has 3 rings (SSSR count). The molecular weight excluding hydrogens is 246 g/mol. The zero-order chi connectivity index (χ0) is 14.0. The fraction of sp³-hybridized carbons (Fsp3) is 0.529. The lowest BCUT2D eigenvalue weighted by Gasteiger charge is -2.38. The van der Waals surface area contributed by atoms with Crippen LogP contribution in [0.25, 0.3) is 10.9 Å². The van der Waals surface area contributed by atoms with E-state index < -0.39 is 0 Å². The minimum atomic E-state index is 0.457. The van der Waals surface area contributed by atoms with Crippen molar-refractivity contribution in [1.29, 1.82) is 0 Å². The number of piperidine rings is 1. The lowest BCUT2D eigenvalue weighted by atomic mass is 9.80. The Morgan fingerprint density at radius 1 is 1.25 bits per heavy atom. The molecule has 0 amide bonds. The van der Waals surface area contributed by atoms with Crippen molar-refractivity contribution in [3.05, 3.63) is 36.0 Å². The van der Waals surface area contributed by atoms with Gasteiger partial charge in [0.15, 0.2) is 0 Å². The zero-order valence-electron chi connectivity index (χ0n) is 12.6. The van der Waals surface area contributed by atoms with Crippen LogP contribution in [0.2, 0.25) is 0 Å². The standard InChI is InChI=1S/C17H25N3/c1-17(7-10-20(2)11-8-17)13-18-12-14-4-3-5-16-15(14)6-9-19-16/h3-6,9,18-19H,7-8,10-13H2,1-2H3. The molecule has 1 aromatic carbocycles. The molecule has 1 aliphatic rings. The minimum absolute atomic E-state index is 0.457. The second kappa shape index (κ2) is 5.58. The lowest BCUT2D eigenvalue weighted by molar-refractivity contribution is 0.137. The number of likely N-dealkylation sites (tertiary alicyclic amines) is 1. The van der Waals surface area contributed by atoms with Gasteiger partial charge in [0.25, 0.3) is 0 Å². The third kappa shape index (κ3) is 2.89. The normalized spacial score (nSPS) is 19.5. The van der Waals surface area contributed by atoms with Gasteiger partial charge < -0.3 is 15.2 Å². The maximum Gasteiger partial charge on any atom is 0.0457 e. The van der Waals surface area contributed by atoms with Crippen LogP contribution >= 0.6 is 0 Å². The average molecular weight is 271 g/mol. The first-order valence-corrected chi connectivity index (χ1v) is 7.61. The molecule has 108 valence electrons. The van der Waals surface area contributed by atoms with Gasteiger partial charge in [0.1, 0.15) is 0 Å². The Morgan fingerprint density at radius 2 is 2.05 bits per heavy atom. The van der Waals surface area contributed by atoms with Crippen molar-refractivity contribution >= 4 is 10.9 Å². The summed E-state index contributed by atoms with van der Waals surface area (Å²) in [7, 11) is 2.22. The second-order valence-corrected chi connectivity index (χ2v) is 6.57. The van der Waals surface area contributed by atoms with Crippen LogP contribution in [-0.4, -0.2) is 36.6 Å². The first-order valence-electron chi connectivity index (χ1n) is 7.61. The predicted octanol–water partition coefficient (Wildman–Crippen LogP) is 2.99. The molecule has 0 unspecified atom stereocenters. The molecule has 2 heterocycles. The van der Waals surface area contributed by atoms with Crippen molar-refractivity contribution in [2.75, 3.05) is 26.7 Å². The Morgan fingerprint density at radius 3 is 2.85 bits per heavy atom. The molecule has 1 saturated heterocycles. The summed E-state index contributed by atoms with van der Waals surface area (Å²) in [6.07, 6.45) is 4.61. The van der Waals surface area contributed by atoms with Crippen molar-refractivity contribution in [2.45, 2.75) is 26.3 Å². The van der Waals surface area contributed by atoms with Gasteiger partial charge in [-0.25, -0.2) is 0 Å². The van der Waals surface area contributed by atoms with E-state index in [9.17, 15) is 0 Å². The van der Waals surface area contributed by atoms with Crippen LogP contribution in [0.1, 0.15) is 25.3 Å². The Hall–Kier alpha value is -1.32. The minimum Gasteiger partial charge on any atom is -0.361 e. The van der Waals surface area contributed by atoms with E-state index in [1.165, 1.54) is 42.4 Å². The molecule has 20 heavy (non-hydrogen) atoms. The molecule has 0 aliphatic carbocycles. The summed E-state index contributed by atoms with van der Waals surface area (Å²) in [4.78, 5) is 5.71. The van der Waals surface area contributed by atoms with Gasteiger partial charge in [0.2, 0.25) is 0 Å². The number of rotatable bonds is 4. The molecular formula is C17H25N3. The number of hydrogen-bond donors (Lipinski definition) is 2. The van der Waals surface area contributed by atoms with Gasteiger partial charge in [-0.05, 0) is 56.1 Å². The van der Waals surface area contributed by atoms with Gasteiger partial charge in [-0.2, -0.15) is 0 Å². The van der Waals surface area contributed by atoms with Crippen molar-refractivity contribution < 1.29 is 0 Å². The SMILES string of the molecule is CN1CCC(C)(CNCc2cccc3[nH]ccc23)CC1. The third-order valence-corrected chi connectivity index (χ3v) is 4.75. The van der Waals surface area contributed by atoms with Gasteiger partial charge in [-0.15, -0.1) is 0 Å². The number of hydrogen-bond acceptors (Lipinski definition) is 2. The van der Waals surface area contributed by atoms with Crippen molar-refractivity contribution in [2.24, 2.45) is 5.41 Å². The van der Waals surface area contributed by atoms with Crippen molar-refractivity contribution in [1.82, 2.24) is 15.2 Å². The smallest absolute Gasteiger partial charge is 0.0457 e. The Bertz CT molecular complexity index is 564. The van der Waals surface area contributed by atoms with Crippen molar-refractivity contribution in [3.8, 4) is 0 Å². The maximum absolute atomic E-state index is 3.68. The Labute approximate surface area is 121 Å². The summed E-state index contributed by atoms with van der Waals surface area (Å²) < 4.78 is 0. The van der Waals surface area contributed by atoms with Crippen LogP contribution in [0.5, 0.6) is 0 Å². The summed E-state index contributed by atoms with van der Waals surface area (Å²) >= 11 is 0. The van der Waals surface area contributed by atoms with Crippen LogP contribution in [0.15, 0.2) is 30.5 Å². The van der Waals surface area contributed by atoms with Gasteiger partial charge in [0, 0.05) is 30.2 Å². The van der Waals surface area contributed by atoms with E-state index in [0.717, 1.165) is 13.1 Å². The number of benzene rings is 1. The van der Waals surface area contributed by atoms with Crippen LogP contribution < -0.4 is 5.32 Å². The van der Waals surface area contributed by atoms with Crippen LogP contribution in [0.4, 0.5) is 0 Å². The zero-order valence-corrected chi connectivity index (χ0v) is 12.6. The molecule has 0 spiro atoms. The molecule has 0 saturated carbocycles. The first-order chi connectivity index (χ1) is 9.66. The molecule has 2 N–H and O–H groups in total. The van der Waals surface area contributed by atoms with Crippen LogP contribution in [-0.2, 0) is 6.54 Å². The fourth-order valence-corrected chi connectivity index (χ4v) is 3.14. The number of nitrogens with one attached hydrogen (secondary N) is 2. The maximum atomic E-state index is 3.68. The quantitative estimate of drug-likeness (QED) is 0.895. The topological polar surface area (TPSA) is 31.1 Å². The van der Waals surface area contributed by atoms with E-state index in [1.807, 2.05) is 6.20 Å². The molecule has 1 aliphatic heterocycles. The second-order valence-electron chi connectivity index (χ2n) is 6.57. The third-order valence-electron chi connectivity index (χ3n) is 4.75. The van der Waals surface area contributed by atoms with Gasteiger partial charge in [-0.3, -0.25) is 0 Å². The Kier molecular flexibility index (Phi) is 3.81. The van der Waals surface area contributed by atoms with Gasteiger partial charge >= 0.3 is 0 Å². The van der Waals surface area contributed by atoms with Crippen LogP contribution in [0, 0.1) is 5.41 Å². The molecule has 0 radical (unpaired) electrons. The van der Waals surface area contributed by atoms with Gasteiger partial charge in [0.05, 0.1) is 0 Å². The average Bonchev–Trinajstić information content (AvgIpc) is 2.92. The van der Waals surface area contributed by atoms with E-state index in [1.54, 1.807) is 0 Å². The number of aromatic amines is 1. The van der Waals surface area contributed by atoms with Gasteiger partial charge in [-0.1, -0.05) is 19.1 Å². The number of fused-ring (bicyclic) bond motifs is 1. The first kappa shape index (κ1) is 13.7. The van der Waals surface area contributed by atoms with E-state index in [4.69, 9.17) is 0 Å². The summed E-state index contributed by atoms with van der Waals surface area (Å²) in [6.45, 7) is 6.95. The summed E-state index contributed by atoms with van der Waals surface area (Å²) in [6, 6.07) is 8.66. The summed E-state index contributed by atoms with van der Waals surface area (Å²) in [5, 5.41) is 5.02. The molecule has 0 bridgehead atoms. The summed E-state index contributed by atoms with van der Waals surface area (Å²) in [5.74, 6) is 0. The molecule has 1 fully saturated rings. The molecule has 1 aromatic heterocycles. The molecule has 2 aromatic rings. The number of nitrogens with zero attached hydrogens (tertiary/aromatic N) is 1. The highest BCUT2D eigenvalue weighted by atomic mass is 15.1. The van der Waals surface area contributed by atoms with E-state index >= 15 is 0 Å². The van der Waals surface area contributed by atoms with Crippen molar-refractivity contribution in [3.63, 3.8) is 0 Å². The highest BCUT2D eigenvalue weighted by molar-refractivity contribution is 5.82. The van der Waals surface area contributed by atoms with E-state index in [2.05, 4.69) is 53.4 Å².